The number of nitrogens with zero attached hydrogens (tertiary/aromatic N) is 3. The Labute approximate surface area is 154 Å². The zero-order valence-corrected chi connectivity index (χ0v) is 15.8. The van der Waals surface area contributed by atoms with Crippen LogP contribution < -0.4 is 5.32 Å². The van der Waals surface area contributed by atoms with Gasteiger partial charge in [-0.15, -0.1) is 28.2 Å². The SMILES string of the molecule is Cc1ccc(SCCC(=O)Nc2nnc(-c3sc(C)nc3C)o2)cc1. The smallest absolute Gasteiger partial charge is 0.322 e. The molecule has 0 fully saturated rings. The van der Waals surface area contributed by atoms with Crippen LogP contribution in [0.25, 0.3) is 10.8 Å². The first-order chi connectivity index (χ1) is 12.0. The van der Waals surface area contributed by atoms with E-state index in [0.29, 0.717) is 18.1 Å². The number of carbonyl (C=O) groups excluding carboxylic acids is 1. The third-order valence-corrected chi connectivity index (χ3v) is 5.46. The molecule has 1 N–H and O–H groups in total. The number of thiazole rings is 1. The highest BCUT2D eigenvalue weighted by atomic mass is 32.2. The fourth-order valence-electron chi connectivity index (χ4n) is 2.17. The summed E-state index contributed by atoms with van der Waals surface area (Å²) in [5, 5.41) is 11.4. The number of hydrogen-bond donors (Lipinski definition) is 1. The predicted molar refractivity (Wildman–Crippen MR) is 100 cm³/mol. The quantitative estimate of drug-likeness (QED) is 0.650. The molecule has 0 atom stereocenters. The Balaban J connectivity index is 1.51. The monoisotopic (exact) mass is 374 g/mol. The van der Waals surface area contributed by atoms with Gasteiger partial charge in [0.25, 0.3) is 5.89 Å². The maximum absolute atomic E-state index is 12.0. The van der Waals surface area contributed by atoms with Crippen molar-refractivity contribution in [2.45, 2.75) is 32.1 Å². The molecule has 1 amide bonds. The first-order valence-electron chi connectivity index (χ1n) is 7.78. The Morgan fingerprint density at radius 1 is 1.20 bits per heavy atom. The van der Waals surface area contributed by atoms with E-state index in [1.807, 2.05) is 13.8 Å². The van der Waals surface area contributed by atoms with E-state index in [4.69, 9.17) is 4.42 Å². The van der Waals surface area contributed by atoms with Crippen LogP contribution in [0.3, 0.4) is 0 Å². The number of carbonyl (C=O) groups is 1. The van der Waals surface area contributed by atoms with Gasteiger partial charge in [0, 0.05) is 17.1 Å². The molecule has 2 aromatic heterocycles. The van der Waals surface area contributed by atoms with Crippen LogP contribution in [0.1, 0.15) is 22.7 Å². The van der Waals surface area contributed by atoms with E-state index in [2.05, 4.69) is 51.7 Å². The largest absolute Gasteiger partial charge is 0.402 e. The van der Waals surface area contributed by atoms with Crippen LogP contribution in [0, 0.1) is 20.8 Å². The van der Waals surface area contributed by atoms with Crippen LogP contribution >= 0.6 is 23.1 Å². The zero-order chi connectivity index (χ0) is 17.8. The number of rotatable bonds is 6. The summed E-state index contributed by atoms with van der Waals surface area (Å²) >= 11 is 3.13. The number of nitrogens with one attached hydrogen (secondary N) is 1. The second-order valence-corrected chi connectivity index (χ2v) is 7.89. The lowest BCUT2D eigenvalue weighted by molar-refractivity contribution is -0.115. The lowest BCUT2D eigenvalue weighted by Gasteiger charge is -2.02. The lowest BCUT2D eigenvalue weighted by Crippen LogP contribution is -2.12. The average molecular weight is 374 g/mol. The van der Waals surface area contributed by atoms with Crippen molar-refractivity contribution in [3.05, 3.63) is 40.5 Å². The summed E-state index contributed by atoms with van der Waals surface area (Å²) < 4.78 is 5.52. The number of thioether (sulfide) groups is 1. The lowest BCUT2D eigenvalue weighted by atomic mass is 10.2. The van der Waals surface area contributed by atoms with E-state index in [1.165, 1.54) is 16.9 Å². The van der Waals surface area contributed by atoms with Crippen LogP contribution in [-0.4, -0.2) is 26.8 Å². The maximum atomic E-state index is 12.0. The van der Waals surface area contributed by atoms with Crippen LogP contribution in [0.5, 0.6) is 0 Å². The number of aromatic nitrogens is 3. The van der Waals surface area contributed by atoms with E-state index in [-0.39, 0.29) is 11.9 Å². The van der Waals surface area contributed by atoms with Crippen molar-refractivity contribution in [1.29, 1.82) is 0 Å². The van der Waals surface area contributed by atoms with E-state index in [1.54, 1.807) is 11.8 Å². The van der Waals surface area contributed by atoms with Crippen molar-refractivity contribution in [1.82, 2.24) is 15.2 Å². The highest BCUT2D eigenvalue weighted by Crippen LogP contribution is 2.29. The highest BCUT2D eigenvalue weighted by Gasteiger charge is 2.16. The highest BCUT2D eigenvalue weighted by molar-refractivity contribution is 7.99. The summed E-state index contributed by atoms with van der Waals surface area (Å²) in [6.07, 6.45) is 0.370. The van der Waals surface area contributed by atoms with Crippen molar-refractivity contribution >= 4 is 35.0 Å². The van der Waals surface area contributed by atoms with Gasteiger partial charge in [0.2, 0.25) is 5.91 Å². The van der Waals surface area contributed by atoms with Gasteiger partial charge in [0.15, 0.2) is 0 Å². The third kappa shape index (κ3) is 4.67. The van der Waals surface area contributed by atoms with Gasteiger partial charge < -0.3 is 4.42 Å². The summed E-state index contributed by atoms with van der Waals surface area (Å²) in [5.74, 6) is 0.919. The summed E-state index contributed by atoms with van der Waals surface area (Å²) in [7, 11) is 0. The van der Waals surface area contributed by atoms with E-state index < -0.39 is 0 Å². The summed E-state index contributed by atoms with van der Waals surface area (Å²) in [5.41, 5.74) is 2.07. The standard InChI is InChI=1S/C17H18N4O2S2/c1-10-4-6-13(7-5-10)24-9-8-14(22)19-17-21-20-16(23-17)15-11(2)18-12(3)25-15/h4-7H,8-9H2,1-3H3,(H,19,21,22). The molecule has 6 nitrogen and oxygen atoms in total. The number of amides is 1. The van der Waals surface area contributed by atoms with E-state index in [9.17, 15) is 4.79 Å². The fraction of sp³-hybridized carbons (Fsp3) is 0.294. The first-order valence-corrected chi connectivity index (χ1v) is 9.58. The molecule has 130 valence electrons. The Bertz CT molecular complexity index is 871. The number of aryl methyl sites for hydroxylation is 3. The van der Waals surface area contributed by atoms with Gasteiger partial charge in [0.05, 0.1) is 10.7 Å². The minimum Gasteiger partial charge on any atom is -0.402 e. The fourth-order valence-corrected chi connectivity index (χ4v) is 3.87. The molecule has 0 saturated heterocycles. The van der Waals surface area contributed by atoms with Crippen LogP contribution in [-0.2, 0) is 4.79 Å². The normalized spacial score (nSPS) is 10.8. The van der Waals surface area contributed by atoms with Crippen LogP contribution in [0.2, 0.25) is 0 Å². The molecule has 1 aromatic carbocycles. The van der Waals surface area contributed by atoms with Crippen molar-refractivity contribution in [3.63, 3.8) is 0 Å². The van der Waals surface area contributed by atoms with Gasteiger partial charge in [-0.05, 0) is 32.9 Å². The predicted octanol–water partition coefficient (Wildman–Crippen LogP) is 4.24. The Morgan fingerprint density at radius 3 is 2.64 bits per heavy atom. The molecule has 0 aliphatic heterocycles. The van der Waals surface area contributed by atoms with Gasteiger partial charge in [-0.3, -0.25) is 10.1 Å². The Hall–Kier alpha value is -2.19. The molecule has 0 unspecified atom stereocenters. The third-order valence-electron chi connectivity index (χ3n) is 3.39. The average Bonchev–Trinajstić information content (AvgIpc) is 3.15. The molecule has 0 saturated carbocycles. The van der Waals surface area contributed by atoms with Crippen molar-refractivity contribution < 1.29 is 9.21 Å². The Kier molecular flexibility index (Phi) is 5.50. The molecular weight excluding hydrogens is 356 g/mol. The molecule has 3 aromatic rings. The molecule has 2 heterocycles. The van der Waals surface area contributed by atoms with Crippen LogP contribution in [0.4, 0.5) is 6.01 Å². The van der Waals surface area contributed by atoms with Gasteiger partial charge in [-0.1, -0.05) is 22.8 Å². The molecule has 0 bridgehead atoms. The summed E-state index contributed by atoms with van der Waals surface area (Å²) in [4.78, 5) is 18.3. The minimum absolute atomic E-state index is 0.116. The molecule has 0 radical (unpaired) electrons. The van der Waals surface area contributed by atoms with Crippen LogP contribution in [0.15, 0.2) is 33.6 Å². The molecule has 0 aliphatic carbocycles. The van der Waals surface area contributed by atoms with E-state index >= 15 is 0 Å². The van der Waals surface area contributed by atoms with Crippen molar-refractivity contribution in [2.24, 2.45) is 0 Å². The maximum Gasteiger partial charge on any atom is 0.322 e. The zero-order valence-electron chi connectivity index (χ0n) is 14.2. The van der Waals surface area contributed by atoms with Gasteiger partial charge in [-0.25, -0.2) is 4.98 Å². The van der Waals surface area contributed by atoms with Gasteiger partial charge in [0.1, 0.15) is 4.88 Å². The molecule has 8 heteroatoms. The summed E-state index contributed by atoms with van der Waals surface area (Å²) in [6, 6.07) is 8.35. The second kappa shape index (κ2) is 7.79. The van der Waals surface area contributed by atoms with Gasteiger partial charge in [-0.2, -0.15) is 0 Å². The molecule has 3 rings (SSSR count). The van der Waals surface area contributed by atoms with Crippen molar-refractivity contribution in [3.8, 4) is 10.8 Å². The van der Waals surface area contributed by atoms with Gasteiger partial charge >= 0.3 is 6.01 Å². The number of hydrogen-bond acceptors (Lipinski definition) is 7. The molecule has 0 aliphatic rings. The van der Waals surface area contributed by atoms with Crippen molar-refractivity contribution in [2.75, 3.05) is 11.1 Å². The second-order valence-electron chi connectivity index (χ2n) is 5.52. The number of anilines is 1. The molecule has 0 spiro atoms. The molecular formula is C17H18N4O2S2. The minimum atomic E-state index is -0.146. The van der Waals surface area contributed by atoms with E-state index in [0.717, 1.165) is 20.5 Å². The number of benzene rings is 1. The Morgan fingerprint density at radius 2 is 1.96 bits per heavy atom. The summed E-state index contributed by atoms with van der Waals surface area (Å²) in [6.45, 7) is 5.87. The topological polar surface area (TPSA) is 80.9 Å². The molecule has 25 heavy (non-hydrogen) atoms. The first kappa shape index (κ1) is 17.6.